The highest BCUT2D eigenvalue weighted by atomic mass is 32.1. The molecule has 4 aromatic rings. The highest BCUT2D eigenvalue weighted by molar-refractivity contribution is 7.18. The molecule has 7 nitrogen and oxygen atoms in total. The molecule has 2 aromatic carbocycles. The Morgan fingerprint density at radius 2 is 1.75 bits per heavy atom. The molecule has 0 spiro atoms. The quantitative estimate of drug-likeness (QED) is 0.253. The Balaban J connectivity index is 1.16. The molecule has 3 heterocycles. The lowest BCUT2D eigenvalue weighted by molar-refractivity contribution is -0.648. The number of hydrogen-bond donors (Lipinski definition) is 2. The molecule has 5 rings (SSSR count). The van der Waals surface area contributed by atoms with E-state index >= 15 is 0 Å². The molecular weight excluding hydrogens is 474 g/mol. The van der Waals surface area contributed by atoms with Crippen molar-refractivity contribution in [1.29, 1.82) is 0 Å². The standard InChI is InChI=1S/C28H29N3O4S/c1-29-23-11-6-7-12-24(23)36-27(29)19-20-16-18-30(22-10-5-4-9-21(20)22)17-8-2-3-13-28(34)35-31-25(32)14-15-26(31)33/h4-7,9-12,14-16,18,20H,2-3,8,13,17,19H2,1H3,(H-,32,33)/p+1. The summed E-state index contributed by atoms with van der Waals surface area (Å²) in [6, 6.07) is 19.7. The minimum atomic E-state index is -0.489. The third-order valence-electron chi connectivity index (χ3n) is 6.64. The molecule has 0 fully saturated rings. The number of fused-ring (bicyclic) bond motifs is 2. The van der Waals surface area contributed by atoms with Crippen LogP contribution in [-0.4, -0.2) is 27.5 Å². The zero-order chi connectivity index (χ0) is 25.1. The van der Waals surface area contributed by atoms with E-state index in [1.54, 1.807) is 0 Å². The Hall–Kier alpha value is -3.78. The van der Waals surface area contributed by atoms with E-state index in [1.165, 1.54) is 38.6 Å². The number of carbonyl (C=O) groups is 1. The van der Waals surface area contributed by atoms with Gasteiger partial charge in [-0.25, -0.2) is 4.79 Å². The van der Waals surface area contributed by atoms with Crippen LogP contribution in [0.4, 0.5) is 5.69 Å². The first kappa shape index (κ1) is 23.9. The second-order valence-electron chi connectivity index (χ2n) is 9.04. The first-order valence-corrected chi connectivity index (χ1v) is 13.0. The van der Waals surface area contributed by atoms with Gasteiger partial charge in [-0.1, -0.05) is 54.2 Å². The molecule has 1 atom stereocenters. The van der Waals surface area contributed by atoms with Crippen molar-refractivity contribution in [2.75, 3.05) is 11.4 Å². The van der Waals surface area contributed by atoms with E-state index in [0.29, 0.717) is 12.3 Å². The molecule has 8 heteroatoms. The summed E-state index contributed by atoms with van der Waals surface area (Å²) in [7, 11) is 2.15. The molecule has 186 valence electrons. The summed E-state index contributed by atoms with van der Waals surface area (Å²) in [6.45, 7) is 0.866. The molecule has 2 N–H and O–H groups in total. The lowest BCUT2D eigenvalue weighted by Gasteiger charge is -2.30. The fourth-order valence-corrected chi connectivity index (χ4v) is 5.92. The first-order chi connectivity index (χ1) is 17.5. The van der Waals surface area contributed by atoms with E-state index in [2.05, 4.69) is 77.3 Å². The predicted octanol–water partition coefficient (Wildman–Crippen LogP) is 4.81. The normalized spacial score (nSPS) is 14.8. The molecule has 0 aliphatic carbocycles. The lowest BCUT2D eigenvalue weighted by atomic mass is 9.91. The van der Waals surface area contributed by atoms with Crippen LogP contribution in [0.1, 0.15) is 42.2 Å². The molecule has 1 aliphatic heterocycles. The summed E-state index contributed by atoms with van der Waals surface area (Å²) in [4.78, 5) is 19.3. The summed E-state index contributed by atoms with van der Waals surface area (Å²) in [5.74, 6) is -0.781. The van der Waals surface area contributed by atoms with E-state index in [-0.39, 0.29) is 18.2 Å². The fraction of sp³-hybridized carbons (Fsp3) is 0.286. The summed E-state index contributed by atoms with van der Waals surface area (Å²) in [6.07, 6.45) is 8.16. The molecular formula is C28H30N3O4S+. The molecule has 1 unspecified atom stereocenters. The van der Waals surface area contributed by atoms with Crippen molar-refractivity contribution in [3.05, 3.63) is 83.5 Å². The van der Waals surface area contributed by atoms with Crippen LogP contribution in [0, 0.1) is 0 Å². The molecule has 36 heavy (non-hydrogen) atoms. The van der Waals surface area contributed by atoms with Crippen LogP contribution < -0.4 is 14.3 Å². The average molecular weight is 505 g/mol. The van der Waals surface area contributed by atoms with Gasteiger partial charge in [-0.2, -0.15) is 4.57 Å². The number of carbonyl (C=O) groups excluding carboxylic acids is 1. The maximum atomic E-state index is 12.0. The van der Waals surface area contributed by atoms with Gasteiger partial charge in [-0.05, 0) is 30.5 Å². The van der Waals surface area contributed by atoms with Crippen molar-refractivity contribution in [3.8, 4) is 11.8 Å². The third kappa shape index (κ3) is 4.95. The number of aromatic nitrogens is 2. The number of aryl methyl sites for hydroxylation is 1. The minimum absolute atomic E-state index is 0.220. The fourth-order valence-electron chi connectivity index (χ4n) is 4.72. The highest BCUT2D eigenvalue weighted by Crippen LogP contribution is 2.36. The minimum Gasteiger partial charge on any atom is -0.492 e. The predicted molar refractivity (Wildman–Crippen MR) is 140 cm³/mol. The number of benzene rings is 2. The molecule has 0 radical (unpaired) electrons. The highest BCUT2D eigenvalue weighted by Gasteiger charge is 2.25. The Morgan fingerprint density at radius 1 is 1.00 bits per heavy atom. The van der Waals surface area contributed by atoms with Crippen LogP contribution in [0.15, 0.2) is 72.9 Å². The molecule has 2 aromatic heterocycles. The van der Waals surface area contributed by atoms with Gasteiger partial charge in [-0.3, -0.25) is 0 Å². The number of hydrogen-bond acceptors (Lipinski definition) is 6. The summed E-state index contributed by atoms with van der Waals surface area (Å²) in [5, 5.41) is 20.5. The number of aromatic hydroxyl groups is 2. The average Bonchev–Trinajstić information content (AvgIpc) is 3.38. The van der Waals surface area contributed by atoms with Crippen LogP contribution in [0.3, 0.4) is 0 Å². The van der Waals surface area contributed by atoms with E-state index in [1.807, 2.05) is 11.3 Å². The van der Waals surface area contributed by atoms with Crippen molar-refractivity contribution >= 4 is 33.2 Å². The summed E-state index contributed by atoms with van der Waals surface area (Å²) in [5.41, 5.74) is 3.86. The SMILES string of the molecule is C[n+]1c(CC2C=CN(CCCCCC(=O)On3c(O)ccc3O)c3ccccc32)sc2ccccc21. The van der Waals surface area contributed by atoms with E-state index in [0.717, 1.165) is 30.5 Å². The smallest absolute Gasteiger partial charge is 0.333 e. The Morgan fingerprint density at radius 3 is 2.56 bits per heavy atom. The van der Waals surface area contributed by atoms with Gasteiger partial charge in [0.25, 0.3) is 0 Å². The van der Waals surface area contributed by atoms with Gasteiger partial charge >= 0.3 is 5.97 Å². The number of unbranched alkanes of at least 4 members (excludes halogenated alkanes) is 2. The van der Waals surface area contributed by atoms with Crippen LogP contribution >= 0.6 is 11.3 Å². The van der Waals surface area contributed by atoms with Gasteiger partial charge in [0.2, 0.25) is 22.3 Å². The largest absolute Gasteiger partial charge is 0.492 e. The van der Waals surface area contributed by atoms with Crippen molar-refractivity contribution < 1.29 is 24.4 Å². The number of thiazole rings is 1. The molecule has 0 saturated heterocycles. The summed E-state index contributed by atoms with van der Waals surface area (Å²) < 4.78 is 4.36. The van der Waals surface area contributed by atoms with E-state index in [9.17, 15) is 15.0 Å². The monoisotopic (exact) mass is 504 g/mol. The summed E-state index contributed by atoms with van der Waals surface area (Å²) >= 11 is 1.87. The molecule has 0 saturated carbocycles. The Bertz CT molecular complexity index is 1390. The molecule has 1 aliphatic rings. The van der Waals surface area contributed by atoms with Gasteiger partial charge < -0.3 is 20.0 Å². The maximum Gasteiger partial charge on any atom is 0.333 e. The van der Waals surface area contributed by atoms with Gasteiger partial charge in [0, 0.05) is 49.0 Å². The first-order valence-electron chi connectivity index (χ1n) is 12.2. The van der Waals surface area contributed by atoms with E-state index in [4.69, 9.17) is 4.84 Å². The van der Waals surface area contributed by atoms with Gasteiger partial charge in [0.05, 0.1) is 6.42 Å². The second-order valence-corrected chi connectivity index (χ2v) is 10.2. The zero-order valence-corrected chi connectivity index (χ0v) is 21.0. The zero-order valence-electron chi connectivity index (χ0n) is 20.2. The maximum absolute atomic E-state index is 12.0. The van der Waals surface area contributed by atoms with Gasteiger partial charge in [0.1, 0.15) is 11.7 Å². The number of nitrogens with zero attached hydrogens (tertiary/aromatic N) is 3. The van der Waals surface area contributed by atoms with Crippen LogP contribution in [-0.2, 0) is 18.3 Å². The third-order valence-corrected chi connectivity index (χ3v) is 7.88. The second kappa shape index (κ2) is 10.5. The van der Waals surface area contributed by atoms with Gasteiger partial charge in [-0.15, -0.1) is 4.73 Å². The number of para-hydroxylation sites is 2. The molecule has 0 amide bonds. The number of rotatable bonds is 9. The van der Waals surface area contributed by atoms with Crippen molar-refractivity contribution in [1.82, 2.24) is 4.73 Å². The number of allylic oxidation sites excluding steroid dienone is 1. The topological polar surface area (TPSA) is 78.8 Å². The van der Waals surface area contributed by atoms with Crippen LogP contribution in [0.25, 0.3) is 10.2 Å². The Labute approximate surface area is 214 Å². The van der Waals surface area contributed by atoms with Crippen molar-refractivity contribution in [3.63, 3.8) is 0 Å². The van der Waals surface area contributed by atoms with Crippen molar-refractivity contribution in [2.24, 2.45) is 7.05 Å². The van der Waals surface area contributed by atoms with E-state index < -0.39 is 5.97 Å². The lowest BCUT2D eigenvalue weighted by Crippen LogP contribution is -2.32. The van der Waals surface area contributed by atoms with Crippen molar-refractivity contribution in [2.45, 2.75) is 38.0 Å². The van der Waals surface area contributed by atoms with Gasteiger partial charge in [0.15, 0.2) is 0 Å². The van der Waals surface area contributed by atoms with Crippen LogP contribution in [0.2, 0.25) is 0 Å². The van der Waals surface area contributed by atoms with Crippen LogP contribution in [0.5, 0.6) is 11.8 Å². The number of anilines is 1. The Kier molecular flexibility index (Phi) is 6.95. The molecule has 0 bridgehead atoms.